The summed E-state index contributed by atoms with van der Waals surface area (Å²) in [5, 5.41) is 0. The maximum Gasteiger partial charge on any atom is 0.333 e. The Bertz CT molecular complexity index is 305. The second kappa shape index (κ2) is 12.7. The van der Waals surface area contributed by atoms with E-state index in [0.717, 1.165) is 37.5 Å². The van der Waals surface area contributed by atoms with Crippen molar-refractivity contribution in [3.63, 3.8) is 0 Å². The van der Waals surface area contributed by atoms with E-state index < -0.39 is 0 Å². The molecule has 0 saturated carbocycles. The van der Waals surface area contributed by atoms with Gasteiger partial charge in [0.1, 0.15) is 6.10 Å². The molecular weight excluding hydrogens is 272 g/mol. The van der Waals surface area contributed by atoms with E-state index in [2.05, 4.69) is 34.3 Å². The van der Waals surface area contributed by atoms with Crippen molar-refractivity contribution >= 4 is 5.97 Å². The van der Waals surface area contributed by atoms with Crippen LogP contribution in [0.3, 0.4) is 0 Å². The lowest BCUT2D eigenvalue weighted by molar-refractivity contribution is -0.145. The van der Waals surface area contributed by atoms with Gasteiger partial charge in [-0.25, -0.2) is 4.79 Å². The number of esters is 1. The van der Waals surface area contributed by atoms with Crippen LogP contribution in [-0.4, -0.2) is 12.1 Å². The molecule has 22 heavy (non-hydrogen) atoms. The second-order valence-electron chi connectivity index (χ2n) is 7.52. The molecule has 0 aromatic heterocycles. The largest absolute Gasteiger partial charge is 0.459 e. The van der Waals surface area contributed by atoms with E-state index in [1.165, 1.54) is 32.1 Å². The van der Waals surface area contributed by atoms with Gasteiger partial charge in [-0.3, -0.25) is 0 Å². The molecule has 0 aliphatic carbocycles. The van der Waals surface area contributed by atoms with Crippen molar-refractivity contribution in [1.82, 2.24) is 0 Å². The van der Waals surface area contributed by atoms with Gasteiger partial charge in [0, 0.05) is 5.57 Å². The Balaban J connectivity index is 4.05. The predicted molar refractivity (Wildman–Crippen MR) is 95.9 cm³/mol. The van der Waals surface area contributed by atoms with Crippen molar-refractivity contribution in [2.24, 2.45) is 11.8 Å². The van der Waals surface area contributed by atoms with Crippen molar-refractivity contribution in [3.05, 3.63) is 12.2 Å². The lowest BCUT2D eigenvalue weighted by Crippen LogP contribution is -2.18. The second-order valence-corrected chi connectivity index (χ2v) is 7.52. The molecule has 0 saturated heterocycles. The van der Waals surface area contributed by atoms with Gasteiger partial charge >= 0.3 is 5.97 Å². The summed E-state index contributed by atoms with van der Waals surface area (Å²) in [4.78, 5) is 11.8. The number of unbranched alkanes of at least 4 members (excludes halogenated alkanes) is 3. The number of carbonyl (C=O) groups excluding carboxylic acids is 1. The maximum atomic E-state index is 11.8. The van der Waals surface area contributed by atoms with Crippen molar-refractivity contribution in [3.8, 4) is 0 Å². The monoisotopic (exact) mass is 310 g/mol. The first-order valence-electron chi connectivity index (χ1n) is 9.19. The highest BCUT2D eigenvalue weighted by atomic mass is 16.5. The topological polar surface area (TPSA) is 26.3 Å². The van der Waals surface area contributed by atoms with Crippen molar-refractivity contribution in [2.45, 2.75) is 98.5 Å². The normalized spacial score (nSPS) is 12.7. The third-order valence-electron chi connectivity index (χ3n) is 3.99. The van der Waals surface area contributed by atoms with Gasteiger partial charge in [0.15, 0.2) is 0 Å². The number of rotatable bonds is 13. The molecule has 0 fully saturated rings. The van der Waals surface area contributed by atoms with Crippen LogP contribution < -0.4 is 0 Å². The predicted octanol–water partition coefficient (Wildman–Crippen LogP) is 6.30. The fourth-order valence-electron chi connectivity index (χ4n) is 2.54. The number of hydrogen-bond acceptors (Lipinski definition) is 2. The summed E-state index contributed by atoms with van der Waals surface area (Å²) in [6.07, 6.45) is 10.7. The van der Waals surface area contributed by atoms with Crippen molar-refractivity contribution < 1.29 is 9.53 Å². The van der Waals surface area contributed by atoms with Crippen LogP contribution in [0.15, 0.2) is 12.2 Å². The molecule has 0 bridgehead atoms. The summed E-state index contributed by atoms with van der Waals surface area (Å²) >= 11 is 0. The lowest BCUT2D eigenvalue weighted by Gasteiger charge is -2.18. The number of hydrogen-bond donors (Lipinski definition) is 0. The van der Waals surface area contributed by atoms with E-state index in [-0.39, 0.29) is 12.1 Å². The van der Waals surface area contributed by atoms with E-state index in [0.29, 0.717) is 5.57 Å². The molecule has 0 heterocycles. The smallest absolute Gasteiger partial charge is 0.333 e. The number of carbonyl (C=O) groups is 1. The fourth-order valence-corrected chi connectivity index (χ4v) is 2.54. The molecule has 1 unspecified atom stereocenters. The van der Waals surface area contributed by atoms with Gasteiger partial charge in [0.25, 0.3) is 0 Å². The molecule has 0 aliphatic rings. The highest BCUT2D eigenvalue weighted by molar-refractivity contribution is 5.87. The molecule has 0 amide bonds. The zero-order chi connectivity index (χ0) is 17.0. The van der Waals surface area contributed by atoms with Crippen LogP contribution in [0, 0.1) is 11.8 Å². The van der Waals surface area contributed by atoms with E-state index in [9.17, 15) is 4.79 Å². The van der Waals surface area contributed by atoms with Crippen LogP contribution in [0.2, 0.25) is 0 Å². The minimum absolute atomic E-state index is 0.0791. The van der Waals surface area contributed by atoms with E-state index in [1.54, 1.807) is 6.92 Å². The molecular formula is C20H38O2. The summed E-state index contributed by atoms with van der Waals surface area (Å²) in [7, 11) is 0. The molecule has 0 rings (SSSR count). The van der Waals surface area contributed by atoms with Gasteiger partial charge in [0.2, 0.25) is 0 Å². The van der Waals surface area contributed by atoms with Crippen LogP contribution in [-0.2, 0) is 9.53 Å². The first kappa shape index (κ1) is 21.2. The Morgan fingerprint density at radius 3 is 1.68 bits per heavy atom. The Morgan fingerprint density at radius 2 is 1.23 bits per heavy atom. The Morgan fingerprint density at radius 1 is 0.818 bits per heavy atom. The summed E-state index contributed by atoms with van der Waals surface area (Å²) in [6.45, 7) is 14.5. The molecule has 2 heteroatoms. The third-order valence-corrected chi connectivity index (χ3v) is 3.99. The minimum Gasteiger partial charge on any atom is -0.459 e. The molecule has 0 aromatic rings. The molecule has 0 aromatic carbocycles. The average Bonchev–Trinajstić information content (AvgIpc) is 2.41. The first-order valence-corrected chi connectivity index (χ1v) is 9.19. The van der Waals surface area contributed by atoms with Crippen LogP contribution in [0.25, 0.3) is 0 Å². The Labute approximate surface area is 138 Å². The summed E-state index contributed by atoms with van der Waals surface area (Å²) in [6, 6.07) is 0. The summed E-state index contributed by atoms with van der Waals surface area (Å²) in [5.74, 6) is 1.32. The Hall–Kier alpha value is -0.790. The molecule has 0 aliphatic heterocycles. The first-order chi connectivity index (χ1) is 10.3. The minimum atomic E-state index is -0.226. The van der Waals surface area contributed by atoms with E-state index in [4.69, 9.17) is 4.74 Å². The number of ether oxygens (including phenoxy) is 1. The van der Waals surface area contributed by atoms with Crippen molar-refractivity contribution in [1.29, 1.82) is 0 Å². The molecule has 2 nitrogen and oxygen atoms in total. The zero-order valence-electron chi connectivity index (χ0n) is 15.6. The van der Waals surface area contributed by atoms with Crippen LogP contribution >= 0.6 is 0 Å². The quantitative estimate of drug-likeness (QED) is 0.227. The zero-order valence-corrected chi connectivity index (χ0v) is 15.6. The van der Waals surface area contributed by atoms with Gasteiger partial charge in [-0.2, -0.15) is 0 Å². The van der Waals surface area contributed by atoms with Crippen LogP contribution in [0.5, 0.6) is 0 Å². The standard InChI is InChI=1S/C20H38O2/c1-16(2)12-8-7-9-14-19(22-20(21)18(5)6)15-11-10-13-17(3)4/h16-17,19H,5,7-15H2,1-4,6H3. The molecule has 130 valence electrons. The van der Waals surface area contributed by atoms with Gasteiger partial charge in [-0.1, -0.05) is 66.4 Å². The molecule has 0 N–H and O–H groups in total. The van der Waals surface area contributed by atoms with Crippen LogP contribution in [0.1, 0.15) is 92.4 Å². The lowest BCUT2D eigenvalue weighted by atomic mass is 9.99. The highest BCUT2D eigenvalue weighted by Gasteiger charge is 2.14. The Kier molecular flexibility index (Phi) is 12.3. The maximum absolute atomic E-state index is 11.8. The summed E-state index contributed by atoms with van der Waals surface area (Å²) in [5.41, 5.74) is 0.506. The molecule has 0 spiro atoms. The SMILES string of the molecule is C=C(C)C(=O)OC(CCCCCC(C)C)CCCCC(C)C. The van der Waals surface area contributed by atoms with Gasteiger partial charge in [-0.15, -0.1) is 0 Å². The van der Waals surface area contributed by atoms with Gasteiger partial charge in [-0.05, 0) is 44.4 Å². The van der Waals surface area contributed by atoms with Gasteiger partial charge < -0.3 is 4.74 Å². The molecule has 1 atom stereocenters. The molecule has 0 radical (unpaired) electrons. The highest BCUT2D eigenvalue weighted by Crippen LogP contribution is 2.18. The average molecular weight is 311 g/mol. The van der Waals surface area contributed by atoms with E-state index in [1.807, 2.05) is 0 Å². The van der Waals surface area contributed by atoms with E-state index >= 15 is 0 Å². The summed E-state index contributed by atoms with van der Waals surface area (Å²) < 4.78 is 5.61. The van der Waals surface area contributed by atoms with Crippen LogP contribution in [0.4, 0.5) is 0 Å². The third kappa shape index (κ3) is 12.9. The van der Waals surface area contributed by atoms with Gasteiger partial charge in [0.05, 0.1) is 0 Å². The fraction of sp³-hybridized carbons (Fsp3) is 0.850. The van der Waals surface area contributed by atoms with Crippen molar-refractivity contribution in [2.75, 3.05) is 0 Å².